The third-order valence-electron chi connectivity index (χ3n) is 3.00. The molecule has 17 heavy (non-hydrogen) atoms. The van der Waals surface area contributed by atoms with Crippen molar-refractivity contribution < 1.29 is 0 Å². The van der Waals surface area contributed by atoms with Crippen molar-refractivity contribution in [3.8, 4) is 0 Å². The molecule has 3 nitrogen and oxygen atoms in total. The van der Waals surface area contributed by atoms with E-state index in [1.54, 1.807) is 12.4 Å². The van der Waals surface area contributed by atoms with E-state index in [-0.39, 0.29) is 6.04 Å². The molecule has 0 aromatic carbocycles. The lowest BCUT2D eigenvalue weighted by Gasteiger charge is -2.21. The molecule has 0 aliphatic rings. The van der Waals surface area contributed by atoms with Crippen LogP contribution in [-0.2, 0) is 6.54 Å². The summed E-state index contributed by atoms with van der Waals surface area (Å²) in [4.78, 5) is 6.22. The lowest BCUT2D eigenvalue weighted by Crippen LogP contribution is -2.31. The van der Waals surface area contributed by atoms with Gasteiger partial charge in [0.15, 0.2) is 0 Å². The van der Waals surface area contributed by atoms with Gasteiger partial charge in [-0.1, -0.05) is 25.4 Å². The van der Waals surface area contributed by atoms with E-state index in [0.717, 1.165) is 30.1 Å². The average molecular weight is 256 g/mol. The fraction of sp³-hybridized carbons (Fsp3) is 0.615. The molecule has 4 heteroatoms. The van der Waals surface area contributed by atoms with E-state index < -0.39 is 0 Å². The minimum atomic E-state index is 0.269. The lowest BCUT2D eigenvalue weighted by atomic mass is 10.0. The Bertz CT molecular complexity index is 341. The fourth-order valence-corrected chi connectivity index (χ4v) is 1.78. The summed E-state index contributed by atoms with van der Waals surface area (Å²) in [7, 11) is 2.09. The second-order valence-electron chi connectivity index (χ2n) is 4.90. The van der Waals surface area contributed by atoms with Crippen molar-refractivity contribution in [2.24, 2.45) is 11.7 Å². The molecule has 1 aromatic heterocycles. The van der Waals surface area contributed by atoms with E-state index in [1.807, 2.05) is 6.07 Å². The summed E-state index contributed by atoms with van der Waals surface area (Å²) in [5, 5.41) is 0.729. The topological polar surface area (TPSA) is 42.1 Å². The molecule has 0 aliphatic heterocycles. The lowest BCUT2D eigenvalue weighted by molar-refractivity contribution is 0.296. The second kappa shape index (κ2) is 6.94. The van der Waals surface area contributed by atoms with Crippen LogP contribution in [0.1, 0.15) is 25.8 Å². The average Bonchev–Trinajstić information content (AvgIpc) is 2.29. The number of hydrogen-bond acceptors (Lipinski definition) is 3. The molecule has 1 aromatic rings. The molecular weight excluding hydrogens is 234 g/mol. The van der Waals surface area contributed by atoms with Gasteiger partial charge in [-0.15, -0.1) is 0 Å². The Hall–Kier alpha value is -0.640. The summed E-state index contributed by atoms with van der Waals surface area (Å²) in [5.74, 6) is 0.535. The molecule has 1 atom stereocenters. The molecule has 0 radical (unpaired) electrons. The van der Waals surface area contributed by atoms with Gasteiger partial charge in [0.1, 0.15) is 0 Å². The summed E-state index contributed by atoms with van der Waals surface area (Å²) in [6.07, 6.45) is 4.47. The van der Waals surface area contributed by atoms with E-state index in [4.69, 9.17) is 17.3 Å². The third kappa shape index (κ3) is 5.02. The quantitative estimate of drug-likeness (QED) is 0.850. The van der Waals surface area contributed by atoms with Crippen molar-refractivity contribution in [3.05, 3.63) is 29.0 Å². The van der Waals surface area contributed by atoms with Crippen LogP contribution in [0.5, 0.6) is 0 Å². The van der Waals surface area contributed by atoms with Crippen LogP contribution >= 0.6 is 11.6 Å². The fourth-order valence-electron chi connectivity index (χ4n) is 1.60. The number of pyridine rings is 1. The molecule has 0 saturated heterocycles. The molecule has 0 bridgehead atoms. The first-order valence-corrected chi connectivity index (χ1v) is 6.41. The Balaban J connectivity index is 2.40. The first-order valence-electron chi connectivity index (χ1n) is 6.03. The third-order valence-corrected chi connectivity index (χ3v) is 3.34. The molecule has 2 N–H and O–H groups in total. The number of rotatable bonds is 6. The van der Waals surface area contributed by atoms with E-state index >= 15 is 0 Å². The number of aromatic nitrogens is 1. The maximum atomic E-state index is 6.07. The predicted molar refractivity (Wildman–Crippen MR) is 73.0 cm³/mol. The van der Waals surface area contributed by atoms with Crippen LogP contribution in [0.2, 0.25) is 5.02 Å². The van der Waals surface area contributed by atoms with E-state index in [1.165, 1.54) is 0 Å². The maximum Gasteiger partial charge on any atom is 0.0634 e. The van der Waals surface area contributed by atoms with Crippen LogP contribution in [-0.4, -0.2) is 29.5 Å². The van der Waals surface area contributed by atoms with Gasteiger partial charge in [-0.25, -0.2) is 0 Å². The van der Waals surface area contributed by atoms with Crippen LogP contribution in [0.3, 0.4) is 0 Å². The number of hydrogen-bond donors (Lipinski definition) is 1. The largest absolute Gasteiger partial charge is 0.327 e. The molecule has 0 saturated carbocycles. The van der Waals surface area contributed by atoms with Gasteiger partial charge < -0.3 is 10.6 Å². The molecule has 0 amide bonds. The van der Waals surface area contributed by atoms with Crippen LogP contribution < -0.4 is 5.73 Å². The molecular formula is C13H22ClN3. The maximum absolute atomic E-state index is 6.07. The van der Waals surface area contributed by atoms with Crippen LogP contribution in [0.4, 0.5) is 0 Å². The zero-order valence-corrected chi connectivity index (χ0v) is 11.6. The van der Waals surface area contributed by atoms with Crippen molar-refractivity contribution in [3.63, 3.8) is 0 Å². The van der Waals surface area contributed by atoms with Gasteiger partial charge >= 0.3 is 0 Å². The van der Waals surface area contributed by atoms with Crippen LogP contribution in [0, 0.1) is 5.92 Å². The van der Waals surface area contributed by atoms with Crippen molar-refractivity contribution in [2.75, 3.05) is 13.6 Å². The highest BCUT2D eigenvalue weighted by Crippen LogP contribution is 2.15. The SMILES string of the molecule is CC(C)C(N)CCN(C)Cc1ccncc1Cl. The molecule has 0 spiro atoms. The van der Waals surface area contributed by atoms with Crippen molar-refractivity contribution >= 4 is 11.6 Å². The van der Waals surface area contributed by atoms with Crippen LogP contribution in [0.15, 0.2) is 18.5 Å². The predicted octanol–water partition coefficient (Wildman–Crippen LogP) is 2.54. The molecule has 1 heterocycles. The minimum Gasteiger partial charge on any atom is -0.327 e. The van der Waals surface area contributed by atoms with E-state index in [9.17, 15) is 0 Å². The minimum absolute atomic E-state index is 0.269. The normalized spacial score (nSPS) is 13.4. The van der Waals surface area contributed by atoms with Gasteiger partial charge in [0.2, 0.25) is 0 Å². The highest BCUT2D eigenvalue weighted by atomic mass is 35.5. The number of nitrogens with two attached hydrogens (primary N) is 1. The Morgan fingerprint density at radius 3 is 2.76 bits per heavy atom. The Kier molecular flexibility index (Phi) is 5.89. The molecule has 1 unspecified atom stereocenters. The molecule has 0 fully saturated rings. The number of halogens is 1. The smallest absolute Gasteiger partial charge is 0.0634 e. The zero-order chi connectivity index (χ0) is 12.8. The zero-order valence-electron chi connectivity index (χ0n) is 10.9. The summed E-state index contributed by atoms with van der Waals surface area (Å²) in [6, 6.07) is 2.23. The van der Waals surface area contributed by atoms with Gasteiger partial charge in [-0.3, -0.25) is 4.98 Å². The Morgan fingerprint density at radius 2 is 2.18 bits per heavy atom. The summed E-state index contributed by atoms with van der Waals surface area (Å²) >= 11 is 6.07. The Labute approximate surface area is 109 Å². The molecule has 96 valence electrons. The highest BCUT2D eigenvalue weighted by molar-refractivity contribution is 6.31. The first-order chi connectivity index (χ1) is 8.00. The van der Waals surface area contributed by atoms with Crippen molar-refractivity contribution in [1.29, 1.82) is 0 Å². The standard InChI is InChI=1S/C13H22ClN3/c1-10(2)13(15)5-7-17(3)9-11-4-6-16-8-12(11)14/h4,6,8,10,13H,5,7,9,15H2,1-3H3. The summed E-state index contributed by atoms with van der Waals surface area (Å²) in [5.41, 5.74) is 7.14. The summed E-state index contributed by atoms with van der Waals surface area (Å²) < 4.78 is 0. The van der Waals surface area contributed by atoms with Gasteiger partial charge in [-0.05, 0) is 37.6 Å². The van der Waals surface area contributed by atoms with Gasteiger partial charge in [0, 0.05) is 25.0 Å². The van der Waals surface area contributed by atoms with Gasteiger partial charge in [-0.2, -0.15) is 0 Å². The van der Waals surface area contributed by atoms with E-state index in [0.29, 0.717) is 5.92 Å². The van der Waals surface area contributed by atoms with E-state index in [2.05, 4.69) is 30.8 Å². The first kappa shape index (κ1) is 14.4. The van der Waals surface area contributed by atoms with Gasteiger partial charge in [0.05, 0.1) is 5.02 Å². The van der Waals surface area contributed by atoms with Crippen LogP contribution in [0.25, 0.3) is 0 Å². The molecule has 1 rings (SSSR count). The van der Waals surface area contributed by atoms with Crippen molar-refractivity contribution in [1.82, 2.24) is 9.88 Å². The monoisotopic (exact) mass is 255 g/mol. The molecule has 0 aliphatic carbocycles. The second-order valence-corrected chi connectivity index (χ2v) is 5.31. The Morgan fingerprint density at radius 1 is 1.47 bits per heavy atom. The number of nitrogens with zero attached hydrogens (tertiary/aromatic N) is 2. The van der Waals surface area contributed by atoms with Crippen molar-refractivity contribution in [2.45, 2.75) is 32.9 Å². The highest BCUT2D eigenvalue weighted by Gasteiger charge is 2.10. The van der Waals surface area contributed by atoms with Gasteiger partial charge in [0.25, 0.3) is 0 Å². The summed E-state index contributed by atoms with van der Waals surface area (Å²) in [6.45, 7) is 6.14.